The van der Waals surface area contributed by atoms with Gasteiger partial charge < -0.3 is 25.0 Å². The van der Waals surface area contributed by atoms with E-state index in [0.717, 1.165) is 32.1 Å². The number of carbonyl (C=O) groups excluding carboxylic acids is 4. The van der Waals surface area contributed by atoms with Crippen molar-refractivity contribution in [2.24, 2.45) is 5.92 Å². The zero-order valence-corrected chi connectivity index (χ0v) is 19.2. The fourth-order valence-corrected chi connectivity index (χ4v) is 4.22. The van der Waals surface area contributed by atoms with Gasteiger partial charge in [-0.15, -0.1) is 0 Å². The van der Waals surface area contributed by atoms with Crippen LogP contribution in [0.15, 0.2) is 0 Å². The Morgan fingerprint density at radius 1 is 1.03 bits per heavy atom. The van der Waals surface area contributed by atoms with Crippen LogP contribution < -0.4 is 10.6 Å². The van der Waals surface area contributed by atoms with Crippen LogP contribution in [0.5, 0.6) is 0 Å². The number of nitrogens with zero attached hydrogens (tertiary/aromatic N) is 1. The molecule has 2 aliphatic rings. The van der Waals surface area contributed by atoms with Gasteiger partial charge in [-0.3, -0.25) is 9.59 Å². The average molecular weight is 440 g/mol. The summed E-state index contributed by atoms with van der Waals surface area (Å²) >= 11 is 0. The van der Waals surface area contributed by atoms with Gasteiger partial charge in [0, 0.05) is 6.54 Å². The number of alkyl carbamates (subject to hydrolysis) is 1. The van der Waals surface area contributed by atoms with E-state index >= 15 is 0 Å². The summed E-state index contributed by atoms with van der Waals surface area (Å²) in [6.45, 7) is 7.39. The van der Waals surface area contributed by atoms with Crippen LogP contribution in [0.4, 0.5) is 4.79 Å². The van der Waals surface area contributed by atoms with Gasteiger partial charge in [0.2, 0.25) is 11.8 Å². The third-order valence-corrected chi connectivity index (χ3v) is 5.62. The van der Waals surface area contributed by atoms with Crippen molar-refractivity contribution in [1.82, 2.24) is 15.5 Å². The molecule has 1 unspecified atom stereocenters. The predicted molar refractivity (Wildman–Crippen MR) is 114 cm³/mol. The van der Waals surface area contributed by atoms with Crippen molar-refractivity contribution in [2.45, 2.75) is 90.3 Å². The summed E-state index contributed by atoms with van der Waals surface area (Å²) in [4.78, 5) is 51.5. The number of hydrogen-bond donors (Lipinski definition) is 2. The van der Waals surface area contributed by atoms with E-state index in [1.165, 1.54) is 4.90 Å². The highest BCUT2D eigenvalue weighted by atomic mass is 16.6. The fourth-order valence-electron chi connectivity index (χ4n) is 4.22. The molecule has 3 amide bonds. The van der Waals surface area contributed by atoms with Crippen LogP contribution in [0.2, 0.25) is 0 Å². The van der Waals surface area contributed by atoms with Crippen LogP contribution in [-0.4, -0.2) is 66.2 Å². The molecule has 0 spiro atoms. The molecule has 9 heteroatoms. The van der Waals surface area contributed by atoms with E-state index < -0.39 is 29.7 Å². The first-order chi connectivity index (χ1) is 14.6. The maximum absolute atomic E-state index is 13.0. The van der Waals surface area contributed by atoms with Gasteiger partial charge in [0.15, 0.2) is 0 Å². The monoisotopic (exact) mass is 439 g/mol. The highest BCUT2D eigenvalue weighted by Crippen LogP contribution is 2.28. The first kappa shape index (κ1) is 24.9. The Kier molecular flexibility index (Phi) is 9.13. The van der Waals surface area contributed by atoms with Crippen LogP contribution >= 0.6 is 0 Å². The molecule has 2 rings (SSSR count). The SMILES string of the molecule is CCOC(=O)C(NC(=O)[C@@H]1CCCN1C(=O)CNC(=O)OC(C)(C)C)C1CCCCC1. The first-order valence-corrected chi connectivity index (χ1v) is 11.4. The predicted octanol–water partition coefficient (Wildman–Crippen LogP) is 2.13. The third-order valence-electron chi connectivity index (χ3n) is 5.62. The van der Waals surface area contributed by atoms with E-state index in [2.05, 4.69) is 10.6 Å². The van der Waals surface area contributed by atoms with Crippen molar-refractivity contribution in [3.63, 3.8) is 0 Å². The summed E-state index contributed by atoms with van der Waals surface area (Å²) in [5.41, 5.74) is -0.662. The lowest BCUT2D eigenvalue weighted by Crippen LogP contribution is -2.54. The minimum absolute atomic E-state index is 0.0520. The largest absolute Gasteiger partial charge is 0.464 e. The molecule has 2 N–H and O–H groups in total. The van der Waals surface area contributed by atoms with Crippen LogP contribution in [-0.2, 0) is 23.9 Å². The molecule has 31 heavy (non-hydrogen) atoms. The highest BCUT2D eigenvalue weighted by Gasteiger charge is 2.38. The number of rotatable bonds is 7. The second-order valence-electron chi connectivity index (χ2n) is 9.24. The molecule has 0 aromatic carbocycles. The Morgan fingerprint density at radius 3 is 2.32 bits per heavy atom. The lowest BCUT2D eigenvalue weighted by atomic mass is 9.83. The summed E-state index contributed by atoms with van der Waals surface area (Å²) < 4.78 is 10.3. The van der Waals surface area contributed by atoms with E-state index in [1.807, 2.05) is 0 Å². The van der Waals surface area contributed by atoms with E-state index in [-0.39, 0.29) is 30.9 Å². The zero-order valence-electron chi connectivity index (χ0n) is 19.2. The third kappa shape index (κ3) is 7.70. The molecule has 1 heterocycles. The summed E-state index contributed by atoms with van der Waals surface area (Å²) in [5.74, 6) is -1.05. The van der Waals surface area contributed by atoms with E-state index in [9.17, 15) is 19.2 Å². The number of nitrogens with one attached hydrogen (secondary N) is 2. The topological polar surface area (TPSA) is 114 Å². The number of hydrogen-bond acceptors (Lipinski definition) is 6. The van der Waals surface area contributed by atoms with Crippen LogP contribution in [0, 0.1) is 5.92 Å². The molecule has 1 saturated carbocycles. The minimum atomic E-state index is -0.690. The van der Waals surface area contributed by atoms with E-state index in [0.29, 0.717) is 19.4 Å². The average Bonchev–Trinajstić information content (AvgIpc) is 3.19. The van der Waals surface area contributed by atoms with Gasteiger partial charge in [-0.1, -0.05) is 19.3 Å². The molecule has 2 atom stereocenters. The standard InChI is InChI=1S/C22H37N3O6/c1-5-30-20(28)18(15-10-7-6-8-11-15)24-19(27)16-12-9-13-25(16)17(26)14-23-21(29)31-22(2,3)4/h15-16,18H,5-14H2,1-4H3,(H,23,29)(H,24,27)/t16-,18?/m0/s1. The maximum atomic E-state index is 13.0. The van der Waals surface area contributed by atoms with Crippen molar-refractivity contribution in [3.8, 4) is 0 Å². The summed E-state index contributed by atoms with van der Waals surface area (Å²) in [6.07, 6.45) is 5.46. The Balaban J connectivity index is 1.97. The molecular formula is C22H37N3O6. The van der Waals surface area contributed by atoms with Gasteiger partial charge in [-0.25, -0.2) is 9.59 Å². The van der Waals surface area contributed by atoms with Crippen molar-refractivity contribution in [1.29, 1.82) is 0 Å². The number of likely N-dealkylation sites (tertiary alicyclic amines) is 1. The van der Waals surface area contributed by atoms with Crippen molar-refractivity contribution in [3.05, 3.63) is 0 Å². The van der Waals surface area contributed by atoms with Gasteiger partial charge >= 0.3 is 12.1 Å². The van der Waals surface area contributed by atoms with E-state index in [1.54, 1.807) is 27.7 Å². The lowest BCUT2D eigenvalue weighted by Gasteiger charge is -2.31. The number of amides is 3. The molecule has 0 bridgehead atoms. The van der Waals surface area contributed by atoms with Crippen LogP contribution in [0.3, 0.4) is 0 Å². The van der Waals surface area contributed by atoms with Gasteiger partial charge in [-0.05, 0) is 59.3 Å². The molecule has 0 aromatic heterocycles. The van der Waals surface area contributed by atoms with E-state index in [4.69, 9.17) is 9.47 Å². The van der Waals surface area contributed by atoms with Gasteiger partial charge in [0.1, 0.15) is 24.2 Å². The number of esters is 1. The molecule has 0 aromatic rings. The number of ether oxygens (including phenoxy) is 2. The smallest absolute Gasteiger partial charge is 0.408 e. The Morgan fingerprint density at radius 2 is 1.71 bits per heavy atom. The quantitative estimate of drug-likeness (QED) is 0.588. The fraction of sp³-hybridized carbons (Fsp3) is 0.818. The van der Waals surface area contributed by atoms with Crippen LogP contribution in [0.25, 0.3) is 0 Å². The molecule has 1 aliphatic heterocycles. The van der Waals surface area contributed by atoms with Gasteiger partial charge in [0.25, 0.3) is 0 Å². The van der Waals surface area contributed by atoms with Gasteiger partial charge in [-0.2, -0.15) is 0 Å². The summed E-state index contributed by atoms with van der Waals surface area (Å²) in [7, 11) is 0. The second kappa shape index (κ2) is 11.3. The zero-order chi connectivity index (χ0) is 23.0. The Bertz CT molecular complexity index is 654. The van der Waals surface area contributed by atoms with Crippen molar-refractivity contribution >= 4 is 23.9 Å². The number of carbonyl (C=O) groups is 4. The molecule has 0 radical (unpaired) electrons. The summed E-state index contributed by atoms with van der Waals surface area (Å²) in [5, 5.41) is 5.32. The summed E-state index contributed by atoms with van der Waals surface area (Å²) in [6, 6.07) is -1.35. The Labute approximate surface area is 184 Å². The molecule has 9 nitrogen and oxygen atoms in total. The molecular weight excluding hydrogens is 402 g/mol. The van der Waals surface area contributed by atoms with Crippen LogP contribution in [0.1, 0.15) is 72.6 Å². The second-order valence-corrected chi connectivity index (χ2v) is 9.24. The minimum Gasteiger partial charge on any atom is -0.464 e. The molecule has 2 fully saturated rings. The highest BCUT2D eigenvalue weighted by molar-refractivity contribution is 5.92. The molecule has 1 aliphatic carbocycles. The Hall–Kier alpha value is -2.32. The van der Waals surface area contributed by atoms with Crippen molar-refractivity contribution < 1.29 is 28.7 Å². The lowest BCUT2D eigenvalue weighted by molar-refractivity contribution is -0.150. The first-order valence-electron chi connectivity index (χ1n) is 11.4. The van der Waals surface area contributed by atoms with Crippen molar-refractivity contribution in [2.75, 3.05) is 19.7 Å². The molecule has 176 valence electrons. The molecule has 1 saturated heterocycles. The maximum Gasteiger partial charge on any atom is 0.408 e. The van der Waals surface area contributed by atoms with Gasteiger partial charge in [0.05, 0.1) is 6.61 Å². The normalized spacial score (nSPS) is 20.6.